The van der Waals surface area contributed by atoms with Gasteiger partial charge in [0.25, 0.3) is 0 Å². The number of hydrogen-bond donors (Lipinski definition) is 0. The monoisotopic (exact) mass is 207 g/mol. The molecular formula is C12H17NS. The minimum atomic E-state index is 0.895. The van der Waals surface area contributed by atoms with Crippen LogP contribution in [-0.4, -0.2) is 30.3 Å². The van der Waals surface area contributed by atoms with Crippen LogP contribution in [0.15, 0.2) is 35.2 Å². The second-order valence-electron chi connectivity index (χ2n) is 3.87. The molecule has 1 nitrogen and oxygen atoms in total. The van der Waals surface area contributed by atoms with E-state index in [-0.39, 0.29) is 0 Å². The van der Waals surface area contributed by atoms with E-state index >= 15 is 0 Å². The van der Waals surface area contributed by atoms with E-state index in [0.717, 1.165) is 6.04 Å². The van der Waals surface area contributed by atoms with Crippen LogP contribution in [0.3, 0.4) is 0 Å². The van der Waals surface area contributed by atoms with Crippen molar-refractivity contribution in [1.29, 1.82) is 0 Å². The highest BCUT2D eigenvalue weighted by molar-refractivity contribution is 7.99. The van der Waals surface area contributed by atoms with Crippen molar-refractivity contribution < 1.29 is 0 Å². The third-order valence-corrected chi connectivity index (χ3v) is 3.62. The molecule has 2 rings (SSSR count). The summed E-state index contributed by atoms with van der Waals surface area (Å²) in [6.45, 7) is 1.21. The van der Waals surface area contributed by atoms with Crippen molar-refractivity contribution in [3.63, 3.8) is 0 Å². The van der Waals surface area contributed by atoms with Gasteiger partial charge in [-0.1, -0.05) is 18.2 Å². The van der Waals surface area contributed by atoms with Gasteiger partial charge in [-0.2, -0.15) is 0 Å². The largest absolute Gasteiger partial charge is 0.303 e. The van der Waals surface area contributed by atoms with Gasteiger partial charge in [0.1, 0.15) is 0 Å². The Morgan fingerprint density at radius 3 is 2.64 bits per heavy atom. The van der Waals surface area contributed by atoms with E-state index in [2.05, 4.69) is 42.3 Å². The summed E-state index contributed by atoms with van der Waals surface area (Å²) < 4.78 is 0. The molecular weight excluding hydrogens is 190 g/mol. The third kappa shape index (κ3) is 3.03. The topological polar surface area (TPSA) is 3.24 Å². The van der Waals surface area contributed by atoms with Crippen LogP contribution in [0, 0.1) is 0 Å². The average molecular weight is 207 g/mol. The number of benzene rings is 1. The fourth-order valence-electron chi connectivity index (χ4n) is 1.52. The molecule has 2 heteroatoms. The molecule has 0 saturated heterocycles. The Balaban J connectivity index is 1.67. The highest BCUT2D eigenvalue weighted by Gasteiger charge is 2.25. The molecule has 0 heterocycles. The number of hydrogen-bond acceptors (Lipinski definition) is 2. The van der Waals surface area contributed by atoms with Gasteiger partial charge in [-0.3, -0.25) is 0 Å². The van der Waals surface area contributed by atoms with Crippen molar-refractivity contribution in [1.82, 2.24) is 4.90 Å². The molecule has 0 spiro atoms. The maximum atomic E-state index is 2.48. The molecule has 0 aliphatic heterocycles. The fourth-order valence-corrected chi connectivity index (χ4v) is 2.49. The van der Waals surface area contributed by atoms with Crippen molar-refractivity contribution >= 4 is 11.8 Å². The van der Waals surface area contributed by atoms with Crippen LogP contribution in [-0.2, 0) is 0 Å². The molecule has 1 saturated carbocycles. The van der Waals surface area contributed by atoms with Crippen LogP contribution in [0.4, 0.5) is 0 Å². The molecule has 0 atom stereocenters. The summed E-state index contributed by atoms with van der Waals surface area (Å²) in [5.41, 5.74) is 0. The molecule has 0 bridgehead atoms. The van der Waals surface area contributed by atoms with Crippen LogP contribution >= 0.6 is 11.8 Å². The van der Waals surface area contributed by atoms with Gasteiger partial charge in [0, 0.05) is 23.2 Å². The van der Waals surface area contributed by atoms with Crippen LogP contribution in [0.2, 0.25) is 0 Å². The lowest BCUT2D eigenvalue weighted by Gasteiger charge is -2.14. The fraction of sp³-hybridized carbons (Fsp3) is 0.500. The van der Waals surface area contributed by atoms with E-state index in [0.29, 0.717) is 0 Å². The van der Waals surface area contributed by atoms with Crippen LogP contribution < -0.4 is 0 Å². The molecule has 0 N–H and O–H groups in total. The summed E-state index contributed by atoms with van der Waals surface area (Å²) in [5.74, 6) is 1.21. The maximum Gasteiger partial charge on any atom is 0.0108 e. The van der Waals surface area contributed by atoms with Crippen molar-refractivity contribution in [3.8, 4) is 0 Å². The second-order valence-corrected chi connectivity index (χ2v) is 5.04. The Hall–Kier alpha value is -0.470. The Morgan fingerprint density at radius 2 is 2.00 bits per heavy atom. The molecule has 0 amide bonds. The van der Waals surface area contributed by atoms with Crippen molar-refractivity contribution in [2.45, 2.75) is 23.8 Å². The zero-order valence-electron chi connectivity index (χ0n) is 8.65. The first-order chi connectivity index (χ1) is 6.86. The van der Waals surface area contributed by atoms with Gasteiger partial charge in [-0.05, 0) is 32.0 Å². The van der Waals surface area contributed by atoms with E-state index in [4.69, 9.17) is 0 Å². The summed E-state index contributed by atoms with van der Waals surface area (Å²) in [7, 11) is 2.24. The predicted octanol–water partition coefficient (Wildman–Crippen LogP) is 2.87. The summed E-state index contributed by atoms with van der Waals surface area (Å²) in [4.78, 5) is 3.87. The summed E-state index contributed by atoms with van der Waals surface area (Å²) in [6, 6.07) is 11.5. The highest BCUT2D eigenvalue weighted by atomic mass is 32.2. The van der Waals surface area contributed by atoms with Gasteiger partial charge in [0.05, 0.1) is 0 Å². The van der Waals surface area contributed by atoms with Crippen molar-refractivity contribution in [3.05, 3.63) is 30.3 Å². The smallest absolute Gasteiger partial charge is 0.0108 e. The van der Waals surface area contributed by atoms with Crippen LogP contribution in [0.5, 0.6) is 0 Å². The summed E-state index contributed by atoms with van der Waals surface area (Å²) in [5, 5.41) is 0. The quantitative estimate of drug-likeness (QED) is 0.683. The molecule has 76 valence electrons. The van der Waals surface area contributed by atoms with Gasteiger partial charge >= 0.3 is 0 Å². The van der Waals surface area contributed by atoms with E-state index in [1.807, 2.05) is 11.8 Å². The van der Waals surface area contributed by atoms with E-state index in [1.54, 1.807) is 0 Å². The Labute approximate surface area is 90.5 Å². The van der Waals surface area contributed by atoms with Crippen LogP contribution in [0.25, 0.3) is 0 Å². The first-order valence-corrected chi connectivity index (χ1v) is 6.23. The molecule has 0 radical (unpaired) electrons. The summed E-state index contributed by atoms with van der Waals surface area (Å²) in [6.07, 6.45) is 2.82. The lowest BCUT2D eigenvalue weighted by molar-refractivity contribution is 0.346. The normalized spacial score (nSPS) is 16.1. The SMILES string of the molecule is CN(CCSc1ccccc1)C1CC1. The van der Waals surface area contributed by atoms with Crippen LogP contribution in [0.1, 0.15) is 12.8 Å². The van der Waals surface area contributed by atoms with E-state index < -0.39 is 0 Å². The van der Waals surface area contributed by atoms with Gasteiger partial charge < -0.3 is 4.90 Å². The Bertz CT molecular complexity index is 269. The highest BCUT2D eigenvalue weighted by Crippen LogP contribution is 2.26. The molecule has 1 aliphatic rings. The number of nitrogens with zero attached hydrogens (tertiary/aromatic N) is 1. The van der Waals surface area contributed by atoms with Gasteiger partial charge in [-0.25, -0.2) is 0 Å². The molecule has 1 aromatic carbocycles. The van der Waals surface area contributed by atoms with E-state index in [9.17, 15) is 0 Å². The third-order valence-electron chi connectivity index (χ3n) is 2.63. The molecule has 14 heavy (non-hydrogen) atoms. The predicted molar refractivity (Wildman–Crippen MR) is 62.8 cm³/mol. The Morgan fingerprint density at radius 1 is 1.29 bits per heavy atom. The van der Waals surface area contributed by atoms with Crippen molar-refractivity contribution in [2.24, 2.45) is 0 Å². The molecule has 1 aromatic rings. The number of thioether (sulfide) groups is 1. The van der Waals surface area contributed by atoms with Crippen molar-refractivity contribution in [2.75, 3.05) is 19.3 Å². The maximum absolute atomic E-state index is 2.48. The molecule has 0 aromatic heterocycles. The number of rotatable bonds is 5. The Kier molecular flexibility index (Phi) is 3.49. The summed E-state index contributed by atoms with van der Waals surface area (Å²) >= 11 is 1.95. The standard InChI is InChI=1S/C12H17NS/c1-13(11-7-8-11)9-10-14-12-5-3-2-4-6-12/h2-6,11H,7-10H2,1H3. The zero-order chi connectivity index (χ0) is 9.80. The minimum Gasteiger partial charge on any atom is -0.303 e. The first kappa shape index (κ1) is 10.1. The van der Waals surface area contributed by atoms with Gasteiger partial charge in [0.2, 0.25) is 0 Å². The lowest BCUT2D eigenvalue weighted by Crippen LogP contribution is -2.23. The zero-order valence-corrected chi connectivity index (χ0v) is 9.46. The van der Waals surface area contributed by atoms with Gasteiger partial charge in [-0.15, -0.1) is 11.8 Å². The molecule has 0 unspecified atom stereocenters. The molecule has 1 aliphatic carbocycles. The second kappa shape index (κ2) is 4.85. The van der Waals surface area contributed by atoms with Gasteiger partial charge in [0.15, 0.2) is 0 Å². The minimum absolute atomic E-state index is 0.895. The lowest BCUT2D eigenvalue weighted by atomic mass is 10.4. The molecule has 1 fully saturated rings. The van der Waals surface area contributed by atoms with E-state index in [1.165, 1.54) is 30.0 Å². The average Bonchev–Trinajstić information content (AvgIpc) is 3.02. The first-order valence-electron chi connectivity index (χ1n) is 5.24.